The minimum Gasteiger partial charge on any atom is -0.351 e. The molecule has 6 rings (SSSR count). The Bertz CT molecular complexity index is 1530. The second-order valence-corrected chi connectivity index (χ2v) is 9.77. The largest absolute Gasteiger partial charge is 0.351 e. The number of aromatic nitrogens is 3. The van der Waals surface area contributed by atoms with E-state index in [1.165, 1.54) is 18.3 Å². The van der Waals surface area contributed by atoms with Crippen molar-refractivity contribution in [3.05, 3.63) is 76.2 Å². The zero-order valence-electron chi connectivity index (χ0n) is 19.7. The minimum absolute atomic E-state index is 0.0608. The highest BCUT2D eigenvalue weighted by molar-refractivity contribution is 6.31. The Hall–Kier alpha value is -4.05. The molecule has 2 amide bonds. The van der Waals surface area contributed by atoms with E-state index < -0.39 is 17.3 Å². The van der Waals surface area contributed by atoms with Crippen LogP contribution in [0.3, 0.4) is 0 Å². The van der Waals surface area contributed by atoms with Crippen LogP contribution in [0.1, 0.15) is 52.9 Å². The molecule has 2 aromatic heterocycles. The molecule has 0 spiro atoms. The molecule has 1 atom stereocenters. The molecule has 11 heteroatoms. The van der Waals surface area contributed by atoms with Gasteiger partial charge < -0.3 is 19.7 Å². The summed E-state index contributed by atoms with van der Waals surface area (Å²) >= 11 is 6.19. The van der Waals surface area contributed by atoms with E-state index in [1.54, 1.807) is 13.0 Å². The first-order chi connectivity index (χ1) is 17.8. The number of nitrogens with zero attached hydrogens (tertiary/aromatic N) is 3. The first-order valence-corrected chi connectivity index (χ1v) is 12.2. The number of amides is 2. The molecule has 2 aliphatic carbocycles. The van der Waals surface area contributed by atoms with Crippen LogP contribution >= 0.6 is 11.6 Å². The molecule has 0 aliphatic heterocycles. The Balaban J connectivity index is 1.24. The molecular weight excluding hydrogens is 501 g/mol. The average molecular weight is 522 g/mol. The van der Waals surface area contributed by atoms with Crippen molar-refractivity contribution in [1.29, 1.82) is 0 Å². The molecule has 2 heterocycles. The molecular formula is C26H21ClFN5O4. The first kappa shape index (κ1) is 23.4. The van der Waals surface area contributed by atoms with E-state index in [0.29, 0.717) is 30.7 Å². The third-order valence-corrected chi connectivity index (χ3v) is 7.06. The summed E-state index contributed by atoms with van der Waals surface area (Å²) < 4.78 is 24.9. The number of benzene rings is 2. The summed E-state index contributed by atoms with van der Waals surface area (Å²) in [7, 11) is 0. The number of nitrogens with one attached hydrogen (secondary N) is 2. The molecule has 2 aromatic carbocycles. The molecule has 2 N–H and O–H groups in total. The van der Waals surface area contributed by atoms with Gasteiger partial charge in [0.1, 0.15) is 11.4 Å². The van der Waals surface area contributed by atoms with Crippen molar-refractivity contribution in [2.45, 2.75) is 44.2 Å². The Morgan fingerprint density at radius 3 is 2.70 bits per heavy atom. The maximum atomic E-state index is 15.0. The lowest BCUT2D eigenvalue weighted by Crippen LogP contribution is -2.49. The van der Waals surface area contributed by atoms with Crippen LogP contribution in [0.15, 0.2) is 51.6 Å². The number of carbonyl (C=O) groups is 2. The molecule has 37 heavy (non-hydrogen) atoms. The van der Waals surface area contributed by atoms with Crippen LogP contribution in [0.5, 0.6) is 0 Å². The summed E-state index contributed by atoms with van der Waals surface area (Å²) in [5, 5.41) is 13.5. The highest BCUT2D eigenvalue weighted by atomic mass is 35.5. The van der Waals surface area contributed by atoms with Gasteiger partial charge in [0.25, 0.3) is 5.91 Å². The van der Waals surface area contributed by atoms with Crippen LogP contribution in [0.25, 0.3) is 22.5 Å². The van der Waals surface area contributed by atoms with E-state index >= 15 is 0 Å². The van der Waals surface area contributed by atoms with Gasteiger partial charge in [-0.1, -0.05) is 40.1 Å². The summed E-state index contributed by atoms with van der Waals surface area (Å²) in [6, 6.07) is 9.91. The lowest BCUT2D eigenvalue weighted by molar-refractivity contribution is -0.124. The number of hydrogen-bond acceptors (Lipinski definition) is 7. The first-order valence-electron chi connectivity index (χ1n) is 11.8. The number of halogens is 2. The molecule has 2 aliphatic rings. The molecule has 0 unspecified atom stereocenters. The highest BCUT2D eigenvalue weighted by Gasteiger charge is 2.52. The van der Waals surface area contributed by atoms with E-state index in [-0.39, 0.29) is 34.1 Å². The summed E-state index contributed by atoms with van der Waals surface area (Å²) in [6.07, 6.45) is 3.91. The van der Waals surface area contributed by atoms with Crippen molar-refractivity contribution in [3.8, 4) is 22.5 Å². The van der Waals surface area contributed by atoms with Crippen molar-refractivity contribution < 1.29 is 23.0 Å². The Morgan fingerprint density at radius 1 is 1.16 bits per heavy atom. The van der Waals surface area contributed by atoms with Crippen LogP contribution in [-0.2, 0) is 11.2 Å². The fourth-order valence-electron chi connectivity index (χ4n) is 4.81. The van der Waals surface area contributed by atoms with E-state index in [2.05, 4.69) is 25.9 Å². The zero-order valence-corrected chi connectivity index (χ0v) is 20.4. The molecule has 1 saturated carbocycles. The zero-order chi connectivity index (χ0) is 25.7. The van der Waals surface area contributed by atoms with Crippen molar-refractivity contribution in [1.82, 2.24) is 25.9 Å². The molecule has 0 saturated heterocycles. The van der Waals surface area contributed by atoms with Crippen molar-refractivity contribution in [3.63, 3.8) is 0 Å². The van der Waals surface area contributed by atoms with Crippen molar-refractivity contribution in [2.24, 2.45) is 0 Å². The monoisotopic (exact) mass is 521 g/mol. The van der Waals surface area contributed by atoms with E-state index in [1.807, 2.05) is 18.2 Å². The van der Waals surface area contributed by atoms with Gasteiger partial charge in [-0.25, -0.2) is 4.39 Å². The number of hydrogen-bond donors (Lipinski definition) is 2. The molecule has 4 aromatic rings. The van der Waals surface area contributed by atoms with Gasteiger partial charge in [-0.2, -0.15) is 4.98 Å². The predicted octanol–water partition coefficient (Wildman–Crippen LogP) is 4.56. The summed E-state index contributed by atoms with van der Waals surface area (Å²) in [5.74, 6) is -0.707. The van der Waals surface area contributed by atoms with Crippen molar-refractivity contribution >= 4 is 23.4 Å². The fourth-order valence-corrected chi connectivity index (χ4v) is 5.01. The van der Waals surface area contributed by atoms with Crippen LogP contribution < -0.4 is 10.6 Å². The molecule has 9 nitrogen and oxygen atoms in total. The van der Waals surface area contributed by atoms with Gasteiger partial charge in [0.05, 0.1) is 17.8 Å². The Labute approximate surface area is 215 Å². The lowest BCUT2D eigenvalue weighted by Gasteiger charge is -2.21. The quantitative estimate of drug-likeness (QED) is 0.381. The van der Waals surface area contributed by atoms with E-state index in [0.717, 1.165) is 23.1 Å². The van der Waals surface area contributed by atoms with Gasteiger partial charge in [-0.3, -0.25) is 9.59 Å². The number of aryl methyl sites for hydroxylation is 2. The van der Waals surface area contributed by atoms with Gasteiger partial charge in [-0.05, 0) is 60.1 Å². The van der Waals surface area contributed by atoms with Gasteiger partial charge in [0, 0.05) is 18.0 Å². The van der Waals surface area contributed by atoms with E-state index in [4.69, 9.17) is 20.6 Å². The summed E-state index contributed by atoms with van der Waals surface area (Å²) in [4.78, 5) is 29.7. The Kier molecular flexibility index (Phi) is 5.56. The Morgan fingerprint density at radius 2 is 2.00 bits per heavy atom. The maximum absolute atomic E-state index is 15.0. The molecule has 188 valence electrons. The van der Waals surface area contributed by atoms with Crippen LogP contribution in [0.4, 0.5) is 4.39 Å². The molecule has 1 fully saturated rings. The summed E-state index contributed by atoms with van der Waals surface area (Å²) in [6.45, 7) is 1.64. The van der Waals surface area contributed by atoms with Gasteiger partial charge in [0.2, 0.25) is 23.4 Å². The highest BCUT2D eigenvalue weighted by Crippen LogP contribution is 2.41. The van der Waals surface area contributed by atoms with Crippen LogP contribution in [0.2, 0.25) is 5.02 Å². The predicted molar refractivity (Wildman–Crippen MR) is 130 cm³/mol. The SMILES string of the molecule is Cc1nc(-c2c(F)cc(Cl)cc2-c2ccc3c(c2)CC[C@@H]3NC(=O)C2(NC(=O)c3ccno3)CC2)no1. The van der Waals surface area contributed by atoms with E-state index in [9.17, 15) is 14.0 Å². The standard InChI is InChI=1S/C26H21ClFN5O4/c1-13-30-23(33-36-13)22-18(11-16(27)12-19(22)28)15-2-4-17-14(10-15)3-5-20(17)31-25(35)26(7-8-26)32-24(34)21-6-9-29-37-21/h2,4,6,9-12,20H,3,5,7-8H2,1H3,(H,31,35)(H,32,34)/t20-/m0/s1. The van der Waals surface area contributed by atoms with Crippen LogP contribution in [0, 0.1) is 12.7 Å². The third kappa shape index (κ3) is 4.27. The number of fused-ring (bicyclic) bond motifs is 1. The third-order valence-electron chi connectivity index (χ3n) is 6.84. The van der Waals surface area contributed by atoms with Crippen LogP contribution in [-0.4, -0.2) is 32.7 Å². The second kappa shape index (κ2) is 8.81. The fraction of sp³-hybridized carbons (Fsp3) is 0.269. The minimum atomic E-state index is -0.942. The average Bonchev–Trinajstić information content (AvgIpc) is 3.24. The molecule has 0 radical (unpaired) electrons. The van der Waals surface area contributed by atoms with Gasteiger partial charge in [-0.15, -0.1) is 0 Å². The molecule has 0 bridgehead atoms. The lowest BCUT2D eigenvalue weighted by atomic mass is 9.95. The topological polar surface area (TPSA) is 123 Å². The summed E-state index contributed by atoms with van der Waals surface area (Å²) in [5.41, 5.74) is 2.59. The van der Waals surface area contributed by atoms with Crippen molar-refractivity contribution in [2.75, 3.05) is 0 Å². The number of carbonyl (C=O) groups excluding carboxylic acids is 2. The second-order valence-electron chi connectivity index (χ2n) is 9.34. The van der Waals surface area contributed by atoms with Gasteiger partial charge in [0.15, 0.2) is 0 Å². The smallest absolute Gasteiger partial charge is 0.290 e. The van der Waals surface area contributed by atoms with Gasteiger partial charge >= 0.3 is 0 Å². The maximum Gasteiger partial charge on any atom is 0.290 e. The normalized spacial score (nSPS) is 17.3. The number of rotatable bonds is 6.